The second kappa shape index (κ2) is 6.71. The number of likely N-dealkylation sites (tertiary alicyclic amines) is 1. The van der Waals surface area contributed by atoms with Gasteiger partial charge in [0.1, 0.15) is 0 Å². The predicted octanol–water partition coefficient (Wildman–Crippen LogP) is 1.84. The van der Waals surface area contributed by atoms with Crippen molar-refractivity contribution in [2.24, 2.45) is 0 Å². The van der Waals surface area contributed by atoms with Crippen molar-refractivity contribution >= 4 is 11.8 Å². The number of hydrogen-bond donors (Lipinski definition) is 0. The Morgan fingerprint density at radius 3 is 2.57 bits per heavy atom. The van der Waals surface area contributed by atoms with Gasteiger partial charge in [0.05, 0.1) is 19.0 Å². The van der Waals surface area contributed by atoms with E-state index in [1.807, 2.05) is 54.4 Å². The summed E-state index contributed by atoms with van der Waals surface area (Å²) in [5.41, 5.74) is 1.99. The monoisotopic (exact) mass is 309 g/mol. The van der Waals surface area contributed by atoms with Crippen LogP contribution in [0.15, 0.2) is 54.9 Å². The normalized spacial score (nSPS) is 18.0. The van der Waals surface area contributed by atoms with E-state index in [2.05, 4.69) is 4.98 Å². The third-order valence-corrected chi connectivity index (χ3v) is 4.09. The number of pyridine rings is 1. The van der Waals surface area contributed by atoms with E-state index in [4.69, 9.17) is 0 Å². The molecule has 1 aromatic heterocycles. The summed E-state index contributed by atoms with van der Waals surface area (Å²) in [5, 5.41) is 0. The average molecular weight is 309 g/mol. The molecule has 1 atom stereocenters. The largest absolute Gasteiger partial charge is 0.290 e. The van der Waals surface area contributed by atoms with Crippen LogP contribution in [0.25, 0.3) is 0 Å². The number of benzene rings is 1. The Morgan fingerprint density at radius 1 is 1.13 bits per heavy atom. The van der Waals surface area contributed by atoms with Crippen LogP contribution in [0, 0.1) is 0 Å². The molecule has 2 aromatic rings. The number of carbonyl (C=O) groups excluding carboxylic acids is 2. The Bertz CT molecular complexity index is 688. The Labute approximate surface area is 135 Å². The zero-order chi connectivity index (χ0) is 16.2. The highest BCUT2D eigenvalue weighted by Gasteiger charge is 2.40. The van der Waals surface area contributed by atoms with Crippen molar-refractivity contribution in [1.29, 1.82) is 0 Å². The van der Waals surface area contributed by atoms with Gasteiger partial charge in [0.2, 0.25) is 11.8 Å². The van der Waals surface area contributed by atoms with Gasteiger partial charge in [-0.05, 0) is 24.2 Å². The lowest BCUT2D eigenvalue weighted by Crippen LogP contribution is -2.39. The summed E-state index contributed by atoms with van der Waals surface area (Å²) in [4.78, 5) is 32.2. The van der Waals surface area contributed by atoms with Crippen LogP contribution in [0.3, 0.4) is 0 Å². The number of likely N-dealkylation sites (N-methyl/N-ethyl adjacent to an activating group) is 1. The van der Waals surface area contributed by atoms with Crippen molar-refractivity contribution in [1.82, 2.24) is 14.8 Å². The van der Waals surface area contributed by atoms with Crippen molar-refractivity contribution < 1.29 is 9.59 Å². The van der Waals surface area contributed by atoms with Gasteiger partial charge in [-0.1, -0.05) is 36.4 Å². The number of hydrogen-bond acceptors (Lipinski definition) is 4. The van der Waals surface area contributed by atoms with Crippen LogP contribution in [0.4, 0.5) is 0 Å². The lowest BCUT2D eigenvalue weighted by atomic mass is 10.2. The number of amides is 2. The molecule has 1 aliphatic heterocycles. The van der Waals surface area contributed by atoms with Gasteiger partial charge in [-0.2, -0.15) is 0 Å². The van der Waals surface area contributed by atoms with E-state index >= 15 is 0 Å². The highest BCUT2D eigenvalue weighted by atomic mass is 16.2. The Morgan fingerprint density at radius 2 is 1.87 bits per heavy atom. The lowest BCUT2D eigenvalue weighted by Gasteiger charge is -2.22. The van der Waals surface area contributed by atoms with Crippen molar-refractivity contribution in [2.75, 3.05) is 7.05 Å². The Kier molecular flexibility index (Phi) is 4.48. The van der Waals surface area contributed by atoms with Crippen molar-refractivity contribution in [3.8, 4) is 0 Å². The fraction of sp³-hybridized carbons (Fsp3) is 0.278. The molecule has 3 rings (SSSR count). The molecule has 1 saturated heterocycles. The first-order chi connectivity index (χ1) is 11.1. The average Bonchev–Trinajstić information content (AvgIpc) is 2.85. The van der Waals surface area contributed by atoms with E-state index in [1.165, 1.54) is 4.90 Å². The number of nitrogens with zero attached hydrogens (tertiary/aromatic N) is 3. The van der Waals surface area contributed by atoms with E-state index < -0.39 is 6.04 Å². The third-order valence-electron chi connectivity index (χ3n) is 4.09. The maximum absolute atomic E-state index is 12.6. The van der Waals surface area contributed by atoms with Gasteiger partial charge >= 0.3 is 0 Å². The van der Waals surface area contributed by atoms with Crippen LogP contribution in [0.2, 0.25) is 0 Å². The molecule has 0 spiro atoms. The van der Waals surface area contributed by atoms with Gasteiger partial charge in [-0.15, -0.1) is 0 Å². The minimum Gasteiger partial charge on any atom is -0.290 e. The quantitative estimate of drug-likeness (QED) is 0.791. The van der Waals surface area contributed by atoms with Crippen molar-refractivity contribution in [3.63, 3.8) is 0 Å². The van der Waals surface area contributed by atoms with E-state index in [1.54, 1.807) is 12.4 Å². The van der Waals surface area contributed by atoms with Crippen LogP contribution < -0.4 is 0 Å². The Hall–Kier alpha value is -2.53. The molecule has 118 valence electrons. The number of imide groups is 1. The maximum Gasteiger partial charge on any atom is 0.247 e. The second-order valence-corrected chi connectivity index (χ2v) is 5.80. The van der Waals surface area contributed by atoms with Crippen molar-refractivity contribution in [2.45, 2.75) is 25.6 Å². The molecule has 0 unspecified atom stereocenters. The highest BCUT2D eigenvalue weighted by molar-refractivity contribution is 6.05. The molecule has 2 heterocycles. The molecule has 2 amide bonds. The molecule has 0 N–H and O–H groups in total. The molecule has 0 saturated carbocycles. The second-order valence-electron chi connectivity index (χ2n) is 5.80. The summed E-state index contributed by atoms with van der Waals surface area (Å²) in [6, 6.07) is 13.0. The molecule has 0 radical (unpaired) electrons. The van der Waals surface area contributed by atoms with Gasteiger partial charge in [-0.25, -0.2) is 0 Å². The highest BCUT2D eigenvalue weighted by Crippen LogP contribution is 2.21. The molecular formula is C18H19N3O2. The third kappa shape index (κ3) is 3.46. The van der Waals surface area contributed by atoms with Gasteiger partial charge in [0.25, 0.3) is 0 Å². The van der Waals surface area contributed by atoms with E-state index in [0.29, 0.717) is 13.1 Å². The van der Waals surface area contributed by atoms with E-state index in [-0.39, 0.29) is 18.2 Å². The molecule has 1 aliphatic rings. The van der Waals surface area contributed by atoms with E-state index in [0.717, 1.165) is 11.1 Å². The maximum atomic E-state index is 12.6. The minimum atomic E-state index is -0.397. The lowest BCUT2D eigenvalue weighted by molar-refractivity contribution is -0.140. The summed E-state index contributed by atoms with van der Waals surface area (Å²) >= 11 is 0. The molecular weight excluding hydrogens is 290 g/mol. The summed E-state index contributed by atoms with van der Waals surface area (Å²) in [7, 11) is 1.87. The number of rotatable bonds is 5. The zero-order valence-corrected chi connectivity index (χ0v) is 13.1. The predicted molar refractivity (Wildman–Crippen MR) is 86.1 cm³/mol. The molecule has 0 aliphatic carbocycles. The van der Waals surface area contributed by atoms with Crippen LogP contribution >= 0.6 is 0 Å². The van der Waals surface area contributed by atoms with Gasteiger partial charge in [-0.3, -0.25) is 24.4 Å². The van der Waals surface area contributed by atoms with Crippen LogP contribution in [-0.2, 0) is 22.7 Å². The SMILES string of the molecule is CN(Cc1cccnc1)[C@H]1CC(=O)N(Cc2ccccc2)C1=O. The molecule has 0 bridgehead atoms. The summed E-state index contributed by atoms with van der Waals surface area (Å²) < 4.78 is 0. The van der Waals surface area contributed by atoms with Crippen LogP contribution in [0.5, 0.6) is 0 Å². The van der Waals surface area contributed by atoms with Crippen LogP contribution in [0.1, 0.15) is 17.5 Å². The van der Waals surface area contributed by atoms with Gasteiger partial charge < -0.3 is 0 Å². The fourth-order valence-corrected chi connectivity index (χ4v) is 2.83. The van der Waals surface area contributed by atoms with E-state index in [9.17, 15) is 9.59 Å². The number of carbonyl (C=O) groups is 2. The first kappa shape index (κ1) is 15.4. The Balaban J connectivity index is 1.68. The number of aromatic nitrogens is 1. The summed E-state index contributed by atoms with van der Waals surface area (Å²) in [6.45, 7) is 0.937. The van der Waals surface area contributed by atoms with Crippen LogP contribution in [-0.4, -0.2) is 39.7 Å². The zero-order valence-electron chi connectivity index (χ0n) is 13.1. The summed E-state index contributed by atoms with van der Waals surface area (Å²) in [6.07, 6.45) is 3.73. The fourth-order valence-electron chi connectivity index (χ4n) is 2.83. The molecule has 23 heavy (non-hydrogen) atoms. The topological polar surface area (TPSA) is 53.5 Å². The minimum absolute atomic E-state index is 0.109. The molecule has 5 nitrogen and oxygen atoms in total. The smallest absolute Gasteiger partial charge is 0.247 e. The molecule has 5 heteroatoms. The van der Waals surface area contributed by atoms with Gasteiger partial charge in [0.15, 0.2) is 0 Å². The molecule has 1 aromatic carbocycles. The molecule has 1 fully saturated rings. The summed E-state index contributed by atoms with van der Waals surface area (Å²) in [5.74, 6) is -0.230. The van der Waals surface area contributed by atoms with Crippen molar-refractivity contribution in [3.05, 3.63) is 66.0 Å². The van der Waals surface area contributed by atoms with Gasteiger partial charge in [0, 0.05) is 18.9 Å². The first-order valence-electron chi connectivity index (χ1n) is 7.62. The first-order valence-corrected chi connectivity index (χ1v) is 7.62. The standard InChI is InChI=1S/C18H19N3O2/c1-20(12-15-8-5-9-19-11-15)16-10-17(22)21(18(16)23)13-14-6-3-2-4-7-14/h2-9,11,16H,10,12-13H2,1H3/t16-/m0/s1.